The number of hydrogen-bond acceptors (Lipinski definition) is 2. The first-order valence-corrected chi connectivity index (χ1v) is 5.19. The number of carbonyl (C=O) groups is 1. The zero-order valence-corrected chi connectivity index (χ0v) is 9.66. The van der Waals surface area contributed by atoms with E-state index in [0.29, 0.717) is 24.3 Å². The molecule has 0 aliphatic heterocycles. The fourth-order valence-electron chi connectivity index (χ4n) is 1.48. The van der Waals surface area contributed by atoms with Gasteiger partial charge in [0.25, 0.3) is 5.91 Å². The van der Waals surface area contributed by atoms with Crippen molar-refractivity contribution >= 4 is 11.6 Å². The average molecular weight is 216 g/mol. The number of rotatable bonds is 3. The van der Waals surface area contributed by atoms with Gasteiger partial charge in [-0.2, -0.15) is 0 Å². The second kappa shape index (κ2) is 5.22. The molecule has 0 saturated carbocycles. The van der Waals surface area contributed by atoms with E-state index in [1.807, 2.05) is 19.9 Å². The van der Waals surface area contributed by atoms with Crippen LogP contribution in [0.15, 0.2) is 18.2 Å². The minimum absolute atomic E-state index is 0.0646. The normalized spacial score (nSPS) is 9.56. The molecule has 3 nitrogen and oxygen atoms in total. The van der Waals surface area contributed by atoms with Gasteiger partial charge >= 0.3 is 0 Å². The second-order valence-electron chi connectivity index (χ2n) is 3.60. The van der Waals surface area contributed by atoms with Crippen LogP contribution >= 0.6 is 0 Å². The van der Waals surface area contributed by atoms with E-state index in [0.717, 1.165) is 5.56 Å². The Morgan fingerprint density at radius 1 is 1.56 bits per heavy atom. The summed E-state index contributed by atoms with van der Waals surface area (Å²) in [7, 11) is 0. The summed E-state index contributed by atoms with van der Waals surface area (Å²) in [6.45, 7) is 4.70. The van der Waals surface area contributed by atoms with Crippen LogP contribution in [-0.4, -0.2) is 23.9 Å². The molecule has 0 fully saturated rings. The highest BCUT2D eigenvalue weighted by atomic mass is 16.2. The molecule has 1 aromatic carbocycles. The van der Waals surface area contributed by atoms with Crippen molar-refractivity contribution in [2.45, 2.75) is 13.8 Å². The predicted molar refractivity (Wildman–Crippen MR) is 66.0 cm³/mol. The maximum Gasteiger partial charge on any atom is 0.254 e. The Balaban J connectivity index is 3.03. The zero-order valence-electron chi connectivity index (χ0n) is 9.66. The van der Waals surface area contributed by atoms with Gasteiger partial charge in [-0.25, -0.2) is 0 Å². The molecule has 0 saturated heterocycles. The standard InChI is InChI=1S/C13H16N2O/c1-4-8-15(5-2)13(16)12-9-11(14)7-6-10(12)3/h1,6-7,9H,5,8,14H2,2-3H3. The molecule has 1 aromatic rings. The number of nitrogen functional groups attached to an aromatic ring is 1. The number of nitrogens with two attached hydrogens (primary N) is 1. The van der Waals surface area contributed by atoms with Gasteiger partial charge < -0.3 is 10.6 Å². The van der Waals surface area contributed by atoms with Crippen molar-refractivity contribution in [3.8, 4) is 12.3 Å². The molecule has 0 bridgehead atoms. The minimum Gasteiger partial charge on any atom is -0.399 e. The summed E-state index contributed by atoms with van der Waals surface area (Å²) in [6, 6.07) is 5.31. The molecule has 0 aliphatic rings. The van der Waals surface area contributed by atoms with Crippen LogP contribution in [0.2, 0.25) is 0 Å². The van der Waals surface area contributed by atoms with Gasteiger partial charge in [-0.15, -0.1) is 6.42 Å². The summed E-state index contributed by atoms with van der Waals surface area (Å²) in [4.78, 5) is 13.7. The van der Waals surface area contributed by atoms with Gasteiger partial charge in [-0.1, -0.05) is 12.0 Å². The van der Waals surface area contributed by atoms with Crippen LogP contribution in [0.4, 0.5) is 5.69 Å². The Morgan fingerprint density at radius 3 is 2.81 bits per heavy atom. The monoisotopic (exact) mass is 216 g/mol. The highest BCUT2D eigenvalue weighted by molar-refractivity contribution is 5.96. The van der Waals surface area contributed by atoms with Gasteiger partial charge in [0.1, 0.15) is 0 Å². The number of amides is 1. The van der Waals surface area contributed by atoms with Crippen molar-refractivity contribution in [1.29, 1.82) is 0 Å². The van der Waals surface area contributed by atoms with E-state index in [1.54, 1.807) is 17.0 Å². The fourth-order valence-corrected chi connectivity index (χ4v) is 1.48. The molecule has 0 unspecified atom stereocenters. The number of hydrogen-bond donors (Lipinski definition) is 1. The summed E-state index contributed by atoms with van der Waals surface area (Å²) in [5.74, 6) is 2.41. The van der Waals surface area contributed by atoms with Crippen molar-refractivity contribution < 1.29 is 4.79 Å². The SMILES string of the molecule is C#CCN(CC)C(=O)c1cc(N)ccc1C. The van der Waals surface area contributed by atoms with Crippen LogP contribution in [0, 0.1) is 19.3 Å². The van der Waals surface area contributed by atoms with Crippen LogP contribution < -0.4 is 5.73 Å². The largest absolute Gasteiger partial charge is 0.399 e. The van der Waals surface area contributed by atoms with Crippen LogP contribution in [0.3, 0.4) is 0 Å². The van der Waals surface area contributed by atoms with Crippen LogP contribution in [0.1, 0.15) is 22.8 Å². The second-order valence-corrected chi connectivity index (χ2v) is 3.60. The van der Waals surface area contributed by atoms with E-state index < -0.39 is 0 Å². The summed E-state index contributed by atoms with van der Waals surface area (Å²) in [6.07, 6.45) is 5.22. The maximum absolute atomic E-state index is 12.1. The minimum atomic E-state index is -0.0646. The Bertz CT molecular complexity index is 432. The zero-order chi connectivity index (χ0) is 12.1. The number of benzene rings is 1. The summed E-state index contributed by atoms with van der Waals surface area (Å²) in [5, 5.41) is 0. The van der Waals surface area contributed by atoms with E-state index in [4.69, 9.17) is 12.2 Å². The van der Waals surface area contributed by atoms with Crippen molar-refractivity contribution in [3.05, 3.63) is 29.3 Å². The van der Waals surface area contributed by atoms with E-state index in [9.17, 15) is 4.79 Å². The Kier molecular flexibility index (Phi) is 3.96. The van der Waals surface area contributed by atoms with Crippen LogP contribution in [0.5, 0.6) is 0 Å². The molecule has 0 spiro atoms. The quantitative estimate of drug-likeness (QED) is 0.617. The molecule has 0 aliphatic carbocycles. The first-order chi connectivity index (χ1) is 7.60. The van der Waals surface area contributed by atoms with Crippen molar-refractivity contribution in [2.24, 2.45) is 0 Å². The van der Waals surface area contributed by atoms with Crippen molar-refractivity contribution in [1.82, 2.24) is 4.90 Å². The topological polar surface area (TPSA) is 46.3 Å². The molecule has 0 aromatic heterocycles. The molecule has 1 rings (SSSR count). The Morgan fingerprint density at radius 2 is 2.25 bits per heavy atom. The van der Waals surface area contributed by atoms with E-state index in [2.05, 4.69) is 5.92 Å². The van der Waals surface area contributed by atoms with Crippen LogP contribution in [-0.2, 0) is 0 Å². The maximum atomic E-state index is 12.1. The fraction of sp³-hybridized carbons (Fsp3) is 0.308. The van der Waals surface area contributed by atoms with E-state index >= 15 is 0 Å². The molecule has 1 amide bonds. The first kappa shape index (κ1) is 12.1. The molecular weight excluding hydrogens is 200 g/mol. The lowest BCUT2D eigenvalue weighted by molar-refractivity contribution is 0.0784. The van der Waals surface area contributed by atoms with Gasteiger partial charge in [-0.05, 0) is 31.5 Å². The predicted octanol–water partition coefficient (Wildman–Crippen LogP) is 1.67. The highest BCUT2D eigenvalue weighted by Crippen LogP contribution is 2.14. The van der Waals surface area contributed by atoms with Gasteiger partial charge in [0.2, 0.25) is 0 Å². The third kappa shape index (κ3) is 2.54. The highest BCUT2D eigenvalue weighted by Gasteiger charge is 2.15. The smallest absolute Gasteiger partial charge is 0.254 e. The lowest BCUT2D eigenvalue weighted by Crippen LogP contribution is -2.31. The van der Waals surface area contributed by atoms with E-state index in [1.165, 1.54) is 0 Å². The molecule has 2 N–H and O–H groups in total. The van der Waals surface area contributed by atoms with Crippen molar-refractivity contribution in [2.75, 3.05) is 18.8 Å². The average Bonchev–Trinajstić information content (AvgIpc) is 2.28. The van der Waals surface area contributed by atoms with Gasteiger partial charge in [0.05, 0.1) is 6.54 Å². The third-order valence-electron chi connectivity index (χ3n) is 2.44. The number of nitrogens with zero attached hydrogens (tertiary/aromatic N) is 1. The van der Waals surface area contributed by atoms with E-state index in [-0.39, 0.29) is 5.91 Å². The first-order valence-electron chi connectivity index (χ1n) is 5.19. The van der Waals surface area contributed by atoms with Gasteiger partial charge in [0, 0.05) is 17.8 Å². The number of carbonyl (C=O) groups excluding carboxylic acids is 1. The van der Waals surface area contributed by atoms with Crippen LogP contribution in [0.25, 0.3) is 0 Å². The van der Waals surface area contributed by atoms with Crippen molar-refractivity contribution in [3.63, 3.8) is 0 Å². The molecular formula is C13H16N2O. The molecule has 0 heterocycles. The summed E-state index contributed by atoms with van der Waals surface area (Å²) < 4.78 is 0. The number of aryl methyl sites for hydroxylation is 1. The molecule has 0 radical (unpaired) electrons. The summed E-state index contributed by atoms with van der Waals surface area (Å²) >= 11 is 0. The molecule has 0 atom stereocenters. The molecule has 3 heteroatoms. The molecule has 16 heavy (non-hydrogen) atoms. The Hall–Kier alpha value is -1.95. The third-order valence-corrected chi connectivity index (χ3v) is 2.44. The number of terminal acetylenes is 1. The van der Waals surface area contributed by atoms with Gasteiger partial charge in [0.15, 0.2) is 0 Å². The summed E-state index contributed by atoms with van der Waals surface area (Å²) in [5.41, 5.74) is 7.79. The molecule has 84 valence electrons. The number of anilines is 1. The van der Waals surface area contributed by atoms with Gasteiger partial charge in [-0.3, -0.25) is 4.79 Å². The lowest BCUT2D eigenvalue weighted by Gasteiger charge is -2.19. The Labute approximate surface area is 96.2 Å². The lowest BCUT2D eigenvalue weighted by atomic mass is 10.1.